The van der Waals surface area contributed by atoms with Crippen LogP contribution in [0.5, 0.6) is 5.75 Å². The summed E-state index contributed by atoms with van der Waals surface area (Å²) in [5.74, 6) is 0.342. The molecule has 0 saturated carbocycles. The van der Waals surface area contributed by atoms with Crippen molar-refractivity contribution >= 4 is 40.8 Å². The molecule has 0 bridgehead atoms. The summed E-state index contributed by atoms with van der Waals surface area (Å²) < 4.78 is 10.3. The lowest BCUT2D eigenvalue weighted by Crippen LogP contribution is -2.17. The minimum Gasteiger partial charge on any atom is -0.493 e. The number of amides is 3. The summed E-state index contributed by atoms with van der Waals surface area (Å²) in [5.41, 5.74) is 2.55. The molecular formula is C20H18N2O5S. The topological polar surface area (TPSA) is 93.7 Å². The summed E-state index contributed by atoms with van der Waals surface area (Å²) in [5, 5.41) is 4.46. The van der Waals surface area contributed by atoms with Crippen LogP contribution in [0.1, 0.15) is 11.1 Å². The van der Waals surface area contributed by atoms with Crippen LogP contribution in [0.2, 0.25) is 0 Å². The number of methoxy groups -OCH3 is 1. The van der Waals surface area contributed by atoms with Crippen molar-refractivity contribution < 1.29 is 23.9 Å². The molecular weight excluding hydrogens is 380 g/mol. The fourth-order valence-corrected chi connectivity index (χ4v) is 3.13. The molecule has 1 fully saturated rings. The lowest BCUT2D eigenvalue weighted by atomic mass is 10.1. The summed E-state index contributed by atoms with van der Waals surface area (Å²) in [6.45, 7) is 0.497. The van der Waals surface area contributed by atoms with Crippen LogP contribution >= 0.6 is 11.8 Å². The van der Waals surface area contributed by atoms with E-state index in [1.54, 1.807) is 18.2 Å². The highest BCUT2D eigenvalue weighted by Gasteiger charge is 2.24. The normalized spacial score (nSPS) is 14.7. The number of carbonyl (C=O) groups is 3. The minimum atomic E-state index is -0.506. The van der Waals surface area contributed by atoms with E-state index in [0.29, 0.717) is 29.4 Å². The third kappa shape index (κ3) is 5.37. The summed E-state index contributed by atoms with van der Waals surface area (Å²) in [7, 11) is 1.32. The highest BCUT2D eigenvalue weighted by molar-refractivity contribution is 8.18. The summed E-state index contributed by atoms with van der Waals surface area (Å²) in [4.78, 5) is 34.2. The van der Waals surface area contributed by atoms with Gasteiger partial charge in [-0.15, -0.1) is 0 Å². The molecule has 1 saturated heterocycles. The van der Waals surface area contributed by atoms with E-state index in [1.807, 2.05) is 36.4 Å². The van der Waals surface area contributed by atoms with Crippen molar-refractivity contribution in [1.82, 2.24) is 5.32 Å². The molecule has 0 aliphatic carbocycles. The molecule has 8 heteroatoms. The first kappa shape index (κ1) is 19.5. The number of rotatable bonds is 6. The monoisotopic (exact) mass is 398 g/mol. The Morgan fingerprint density at radius 2 is 1.82 bits per heavy atom. The first-order valence-corrected chi connectivity index (χ1v) is 9.27. The third-order valence-electron chi connectivity index (χ3n) is 3.87. The highest BCUT2D eigenvalue weighted by atomic mass is 32.2. The lowest BCUT2D eigenvalue weighted by Gasteiger charge is -2.08. The van der Waals surface area contributed by atoms with E-state index in [-0.39, 0.29) is 11.1 Å². The van der Waals surface area contributed by atoms with Gasteiger partial charge >= 0.3 is 6.09 Å². The zero-order chi connectivity index (χ0) is 19.9. The molecule has 3 amide bonds. The fraction of sp³-hybridized carbons (Fsp3) is 0.150. The Balaban J connectivity index is 1.49. The molecule has 1 aliphatic heterocycles. The van der Waals surface area contributed by atoms with Gasteiger partial charge in [0, 0.05) is 12.1 Å². The van der Waals surface area contributed by atoms with Crippen molar-refractivity contribution in [2.45, 2.75) is 6.42 Å². The minimum absolute atomic E-state index is 0.356. The summed E-state index contributed by atoms with van der Waals surface area (Å²) >= 11 is 0.890. The second-order valence-electron chi connectivity index (χ2n) is 5.83. The van der Waals surface area contributed by atoms with Crippen LogP contribution in [0.25, 0.3) is 6.08 Å². The molecule has 0 radical (unpaired) electrons. The number of anilines is 1. The molecule has 0 aromatic heterocycles. The Labute approximate surface area is 166 Å². The number of carbonyl (C=O) groups excluding carboxylic acids is 3. The van der Waals surface area contributed by atoms with Crippen LogP contribution in [0, 0.1) is 0 Å². The Bertz CT molecular complexity index is 907. The van der Waals surface area contributed by atoms with Crippen LogP contribution in [-0.4, -0.2) is 31.0 Å². The molecule has 0 atom stereocenters. The number of imide groups is 1. The molecule has 144 valence electrons. The van der Waals surface area contributed by atoms with Crippen LogP contribution in [0.3, 0.4) is 0 Å². The predicted molar refractivity (Wildman–Crippen MR) is 107 cm³/mol. The quantitative estimate of drug-likeness (QED) is 0.719. The maximum atomic E-state index is 11.5. The number of hydrogen-bond donors (Lipinski definition) is 2. The van der Waals surface area contributed by atoms with E-state index < -0.39 is 6.09 Å². The number of nitrogens with one attached hydrogen (secondary N) is 2. The van der Waals surface area contributed by atoms with Gasteiger partial charge in [-0.05, 0) is 53.2 Å². The van der Waals surface area contributed by atoms with E-state index in [9.17, 15) is 14.4 Å². The molecule has 3 rings (SSSR count). The van der Waals surface area contributed by atoms with Crippen LogP contribution in [0.4, 0.5) is 15.3 Å². The average Bonchev–Trinajstić information content (AvgIpc) is 3.01. The number of benzene rings is 2. The number of thioether (sulfide) groups is 1. The van der Waals surface area contributed by atoms with Crippen molar-refractivity contribution in [3.8, 4) is 5.75 Å². The first-order chi connectivity index (χ1) is 13.5. The molecule has 1 aliphatic rings. The molecule has 0 spiro atoms. The van der Waals surface area contributed by atoms with Gasteiger partial charge in [0.05, 0.1) is 18.6 Å². The highest BCUT2D eigenvalue weighted by Crippen LogP contribution is 2.26. The second-order valence-corrected chi connectivity index (χ2v) is 6.85. The molecule has 7 nitrogen and oxygen atoms in total. The van der Waals surface area contributed by atoms with Crippen molar-refractivity contribution in [2.75, 3.05) is 19.0 Å². The summed E-state index contributed by atoms with van der Waals surface area (Å²) in [6, 6.07) is 14.7. The maximum Gasteiger partial charge on any atom is 0.411 e. The van der Waals surface area contributed by atoms with Gasteiger partial charge in [0.15, 0.2) is 0 Å². The van der Waals surface area contributed by atoms with Gasteiger partial charge in [-0.3, -0.25) is 20.2 Å². The standard InChI is InChI=1S/C20H18N2O5S/c1-26-19(24)21-15-6-2-13(3-7-15)10-11-27-16-8-4-14(5-9-16)12-17-18(23)22-20(25)28-17/h2-9,12H,10-11H2,1H3,(H,21,24)(H,22,23,25). The van der Waals surface area contributed by atoms with Gasteiger partial charge < -0.3 is 9.47 Å². The van der Waals surface area contributed by atoms with Gasteiger partial charge in [-0.25, -0.2) is 4.79 Å². The Morgan fingerprint density at radius 1 is 1.11 bits per heavy atom. The SMILES string of the molecule is COC(=O)Nc1ccc(CCOc2ccc(C=C3SC(=O)NC3=O)cc2)cc1. The van der Waals surface area contributed by atoms with Crippen molar-refractivity contribution in [3.63, 3.8) is 0 Å². The largest absolute Gasteiger partial charge is 0.493 e. The van der Waals surface area contributed by atoms with Gasteiger partial charge in [-0.1, -0.05) is 24.3 Å². The van der Waals surface area contributed by atoms with Gasteiger partial charge in [0.25, 0.3) is 11.1 Å². The van der Waals surface area contributed by atoms with Crippen molar-refractivity contribution in [1.29, 1.82) is 0 Å². The molecule has 0 unspecified atom stereocenters. The predicted octanol–water partition coefficient (Wildman–Crippen LogP) is 3.81. The fourth-order valence-electron chi connectivity index (χ4n) is 2.44. The van der Waals surface area contributed by atoms with E-state index in [0.717, 1.165) is 22.9 Å². The Hall–Kier alpha value is -3.26. The average molecular weight is 398 g/mol. The van der Waals surface area contributed by atoms with Crippen LogP contribution < -0.4 is 15.4 Å². The number of hydrogen-bond acceptors (Lipinski definition) is 6. The Kier molecular flexibility index (Phi) is 6.33. The number of ether oxygens (including phenoxy) is 2. The first-order valence-electron chi connectivity index (χ1n) is 8.45. The lowest BCUT2D eigenvalue weighted by molar-refractivity contribution is -0.115. The molecule has 28 heavy (non-hydrogen) atoms. The molecule has 2 aromatic rings. The van der Waals surface area contributed by atoms with Crippen molar-refractivity contribution in [2.24, 2.45) is 0 Å². The molecule has 2 N–H and O–H groups in total. The Morgan fingerprint density at radius 3 is 2.43 bits per heavy atom. The van der Waals surface area contributed by atoms with Crippen LogP contribution in [0.15, 0.2) is 53.4 Å². The summed E-state index contributed by atoms with van der Waals surface area (Å²) in [6.07, 6.45) is 1.87. The second kappa shape index (κ2) is 9.09. The smallest absolute Gasteiger partial charge is 0.411 e. The third-order valence-corrected chi connectivity index (χ3v) is 4.68. The van der Waals surface area contributed by atoms with E-state index >= 15 is 0 Å². The van der Waals surface area contributed by atoms with Gasteiger partial charge in [0.1, 0.15) is 5.75 Å². The zero-order valence-electron chi connectivity index (χ0n) is 15.1. The van der Waals surface area contributed by atoms with E-state index in [2.05, 4.69) is 15.4 Å². The maximum absolute atomic E-state index is 11.5. The van der Waals surface area contributed by atoms with Crippen molar-refractivity contribution in [3.05, 3.63) is 64.6 Å². The van der Waals surface area contributed by atoms with E-state index in [4.69, 9.17) is 4.74 Å². The molecule has 2 aromatic carbocycles. The van der Waals surface area contributed by atoms with E-state index in [1.165, 1.54) is 7.11 Å². The molecule has 1 heterocycles. The van der Waals surface area contributed by atoms with Gasteiger partial charge in [0.2, 0.25) is 0 Å². The van der Waals surface area contributed by atoms with Gasteiger partial charge in [-0.2, -0.15) is 0 Å². The van der Waals surface area contributed by atoms with Crippen LogP contribution in [-0.2, 0) is 16.0 Å². The zero-order valence-corrected chi connectivity index (χ0v) is 15.9.